The summed E-state index contributed by atoms with van der Waals surface area (Å²) in [5.41, 5.74) is 5.45. The van der Waals surface area contributed by atoms with Crippen molar-refractivity contribution in [1.29, 1.82) is 0 Å². The van der Waals surface area contributed by atoms with E-state index in [0.29, 0.717) is 4.57 Å². The van der Waals surface area contributed by atoms with E-state index in [1.807, 2.05) is 0 Å². The van der Waals surface area contributed by atoms with Crippen LogP contribution in [0.25, 0.3) is 6.08 Å². The monoisotopic (exact) mass is 325 g/mol. The average molecular weight is 326 g/mol. The number of rotatable bonds is 3. The Bertz CT molecular complexity index is 622. The van der Waals surface area contributed by atoms with Crippen molar-refractivity contribution < 1.29 is 23.0 Å². The van der Waals surface area contributed by atoms with Crippen LogP contribution >= 0.6 is 11.6 Å². The molecule has 116 valence electrons. The van der Waals surface area contributed by atoms with Gasteiger partial charge in [-0.3, -0.25) is 4.57 Å². The van der Waals surface area contributed by atoms with Crippen LogP contribution in [0.2, 0.25) is 0 Å². The lowest BCUT2D eigenvalue weighted by molar-refractivity contribution is -0.130. The SMILES string of the molecule is Nc1nc(=O)n(C2OC(CO)C(F)C2(F)F)cc1C=CCl. The van der Waals surface area contributed by atoms with E-state index in [-0.39, 0.29) is 11.4 Å². The molecule has 3 N–H and O–H groups in total. The van der Waals surface area contributed by atoms with Crippen molar-refractivity contribution in [3.8, 4) is 0 Å². The third-order valence-corrected chi connectivity index (χ3v) is 3.14. The molecule has 3 unspecified atom stereocenters. The quantitative estimate of drug-likeness (QED) is 0.861. The van der Waals surface area contributed by atoms with E-state index in [9.17, 15) is 18.0 Å². The molecule has 1 aromatic rings. The van der Waals surface area contributed by atoms with Gasteiger partial charge in [0.1, 0.15) is 11.9 Å². The van der Waals surface area contributed by atoms with Crippen LogP contribution in [0.15, 0.2) is 16.5 Å². The lowest BCUT2D eigenvalue weighted by atomic mass is 10.1. The number of aromatic nitrogens is 2. The molecular weight excluding hydrogens is 315 g/mol. The van der Waals surface area contributed by atoms with Gasteiger partial charge in [-0.15, -0.1) is 0 Å². The summed E-state index contributed by atoms with van der Waals surface area (Å²) in [6, 6.07) is 0. The lowest BCUT2D eigenvalue weighted by Gasteiger charge is -2.20. The Labute approximate surface area is 121 Å². The zero-order chi connectivity index (χ0) is 15.8. The number of alkyl halides is 3. The average Bonchev–Trinajstić information content (AvgIpc) is 2.65. The molecule has 6 nitrogen and oxygen atoms in total. The van der Waals surface area contributed by atoms with Crippen LogP contribution in [0.5, 0.6) is 0 Å². The Balaban J connectivity index is 2.51. The van der Waals surface area contributed by atoms with Gasteiger partial charge in [0.25, 0.3) is 0 Å². The van der Waals surface area contributed by atoms with Crippen molar-refractivity contribution in [1.82, 2.24) is 9.55 Å². The molecule has 0 aromatic carbocycles. The van der Waals surface area contributed by atoms with Crippen molar-refractivity contribution >= 4 is 23.5 Å². The summed E-state index contributed by atoms with van der Waals surface area (Å²) in [5.74, 6) is -4.22. The number of nitrogen functional groups attached to an aromatic ring is 1. The van der Waals surface area contributed by atoms with E-state index in [1.54, 1.807) is 0 Å². The molecule has 1 fully saturated rings. The van der Waals surface area contributed by atoms with Crippen LogP contribution in [0.3, 0.4) is 0 Å². The molecule has 0 aliphatic carbocycles. The highest BCUT2D eigenvalue weighted by atomic mass is 35.5. The minimum absolute atomic E-state index is 0.0897. The second-order valence-corrected chi connectivity index (χ2v) is 4.60. The Hall–Kier alpha value is -1.58. The van der Waals surface area contributed by atoms with Crippen LogP contribution in [-0.4, -0.2) is 39.5 Å². The van der Waals surface area contributed by atoms with E-state index < -0.39 is 36.7 Å². The van der Waals surface area contributed by atoms with Crippen LogP contribution in [0, 0.1) is 0 Å². The van der Waals surface area contributed by atoms with Crippen LogP contribution in [0.1, 0.15) is 11.8 Å². The molecular formula is C11H11ClF3N3O3. The fourth-order valence-corrected chi connectivity index (χ4v) is 2.09. The van der Waals surface area contributed by atoms with Gasteiger partial charge < -0.3 is 15.6 Å². The largest absolute Gasteiger partial charge is 0.394 e. The first kappa shape index (κ1) is 15.8. The Morgan fingerprint density at radius 3 is 2.81 bits per heavy atom. The second kappa shape index (κ2) is 5.66. The molecule has 0 saturated carbocycles. The van der Waals surface area contributed by atoms with Gasteiger partial charge in [-0.2, -0.15) is 13.8 Å². The van der Waals surface area contributed by atoms with Crippen LogP contribution < -0.4 is 11.4 Å². The number of ether oxygens (including phenoxy) is 1. The van der Waals surface area contributed by atoms with Gasteiger partial charge in [-0.05, 0) is 6.08 Å². The molecule has 0 radical (unpaired) electrons. The summed E-state index contributed by atoms with van der Waals surface area (Å²) in [6.45, 7) is -0.946. The van der Waals surface area contributed by atoms with Gasteiger partial charge in [0.15, 0.2) is 6.17 Å². The Morgan fingerprint density at radius 2 is 2.29 bits per heavy atom. The number of aliphatic hydroxyl groups is 1. The molecule has 0 bridgehead atoms. The maximum Gasteiger partial charge on any atom is 0.351 e. The summed E-state index contributed by atoms with van der Waals surface area (Å²) < 4.78 is 46.4. The Morgan fingerprint density at radius 1 is 1.62 bits per heavy atom. The zero-order valence-electron chi connectivity index (χ0n) is 10.4. The summed E-state index contributed by atoms with van der Waals surface area (Å²) in [6.07, 6.45) is -4.55. The summed E-state index contributed by atoms with van der Waals surface area (Å²) in [4.78, 5) is 15.0. The second-order valence-electron chi connectivity index (χ2n) is 4.35. The molecule has 1 saturated heterocycles. The highest BCUT2D eigenvalue weighted by Crippen LogP contribution is 2.43. The van der Waals surface area contributed by atoms with Crippen molar-refractivity contribution in [3.63, 3.8) is 0 Å². The van der Waals surface area contributed by atoms with E-state index >= 15 is 0 Å². The number of anilines is 1. The highest BCUT2D eigenvalue weighted by molar-refractivity contribution is 6.27. The number of hydrogen-bond donors (Lipinski definition) is 2. The van der Waals surface area contributed by atoms with Gasteiger partial charge in [-0.1, -0.05) is 11.6 Å². The maximum atomic E-state index is 13.8. The minimum atomic E-state index is -4.00. The zero-order valence-corrected chi connectivity index (χ0v) is 11.2. The highest BCUT2D eigenvalue weighted by Gasteiger charge is 2.60. The molecule has 3 atom stereocenters. The van der Waals surface area contributed by atoms with Crippen molar-refractivity contribution in [2.24, 2.45) is 0 Å². The van der Waals surface area contributed by atoms with E-state index in [0.717, 1.165) is 11.7 Å². The molecule has 21 heavy (non-hydrogen) atoms. The molecule has 2 heterocycles. The topological polar surface area (TPSA) is 90.4 Å². The molecule has 0 amide bonds. The third-order valence-electron chi connectivity index (χ3n) is 3.01. The molecule has 1 aliphatic heterocycles. The lowest BCUT2D eigenvalue weighted by Crippen LogP contribution is -2.40. The Kier molecular flexibility index (Phi) is 4.26. The van der Waals surface area contributed by atoms with Gasteiger partial charge in [0.2, 0.25) is 6.23 Å². The van der Waals surface area contributed by atoms with Crippen molar-refractivity contribution in [3.05, 3.63) is 27.8 Å². The first-order chi connectivity index (χ1) is 9.82. The number of hydrogen-bond acceptors (Lipinski definition) is 5. The summed E-state index contributed by atoms with van der Waals surface area (Å²) >= 11 is 5.36. The van der Waals surface area contributed by atoms with Crippen molar-refractivity contribution in [2.75, 3.05) is 12.3 Å². The summed E-state index contributed by atoms with van der Waals surface area (Å²) in [5, 5.41) is 8.84. The summed E-state index contributed by atoms with van der Waals surface area (Å²) in [7, 11) is 0. The first-order valence-corrected chi connectivity index (χ1v) is 6.20. The normalized spacial score (nSPS) is 28.3. The standard InChI is InChI=1S/C11H11ClF3N3O3/c12-2-1-5-3-18(10(20)17-8(5)16)9-11(14,15)7(13)6(4-19)21-9/h1-3,6-7,9,19H,4H2,(H2,16,17,20). The number of nitrogens with two attached hydrogens (primary N) is 1. The number of nitrogens with zero attached hydrogens (tertiary/aromatic N) is 2. The van der Waals surface area contributed by atoms with Gasteiger partial charge in [0, 0.05) is 17.3 Å². The molecule has 0 spiro atoms. The number of aliphatic hydroxyl groups excluding tert-OH is 1. The minimum Gasteiger partial charge on any atom is -0.394 e. The van der Waals surface area contributed by atoms with Gasteiger partial charge in [0.05, 0.1) is 6.61 Å². The van der Waals surface area contributed by atoms with Crippen molar-refractivity contribution in [2.45, 2.75) is 24.4 Å². The molecule has 10 heteroatoms. The first-order valence-electron chi connectivity index (χ1n) is 5.76. The van der Waals surface area contributed by atoms with Crippen LogP contribution in [0.4, 0.5) is 19.0 Å². The van der Waals surface area contributed by atoms with Gasteiger partial charge >= 0.3 is 11.6 Å². The van der Waals surface area contributed by atoms with Gasteiger partial charge in [-0.25, -0.2) is 9.18 Å². The van der Waals surface area contributed by atoms with E-state index in [2.05, 4.69) is 4.98 Å². The molecule has 1 aromatic heterocycles. The third kappa shape index (κ3) is 2.63. The fourth-order valence-electron chi connectivity index (χ4n) is 1.96. The maximum absolute atomic E-state index is 13.8. The molecule has 2 rings (SSSR count). The smallest absolute Gasteiger partial charge is 0.351 e. The fraction of sp³-hybridized carbons (Fsp3) is 0.455. The van der Waals surface area contributed by atoms with E-state index in [1.165, 1.54) is 6.08 Å². The van der Waals surface area contributed by atoms with E-state index in [4.69, 9.17) is 27.2 Å². The predicted molar refractivity (Wildman–Crippen MR) is 68.6 cm³/mol. The van der Waals surface area contributed by atoms with Crippen LogP contribution in [-0.2, 0) is 4.74 Å². The molecule has 1 aliphatic rings. The predicted octanol–water partition coefficient (Wildman–Crippen LogP) is 0.898. The number of halogens is 4.